The van der Waals surface area contributed by atoms with E-state index >= 15 is 0 Å². The zero-order chi connectivity index (χ0) is 18.7. The van der Waals surface area contributed by atoms with Gasteiger partial charge in [0, 0.05) is 0 Å². The molecule has 0 aliphatic carbocycles. The van der Waals surface area contributed by atoms with Gasteiger partial charge in [-0.3, -0.25) is 4.79 Å². The van der Waals surface area contributed by atoms with E-state index in [0.717, 1.165) is 24.3 Å². The van der Waals surface area contributed by atoms with Crippen LogP contribution in [0.2, 0.25) is 0 Å². The highest BCUT2D eigenvalue weighted by Gasteiger charge is 2.19. The van der Waals surface area contributed by atoms with E-state index in [2.05, 4.69) is 0 Å². The number of esters is 1. The number of ether oxygens (including phenoxy) is 1. The van der Waals surface area contributed by atoms with Crippen LogP contribution in [0, 0.1) is 23.3 Å². The van der Waals surface area contributed by atoms with Crippen molar-refractivity contribution in [2.45, 2.75) is 19.1 Å². The van der Waals surface area contributed by atoms with Gasteiger partial charge in [0.1, 0.15) is 12.6 Å². The van der Waals surface area contributed by atoms with Gasteiger partial charge in [-0.05, 0) is 41.8 Å². The molecule has 0 spiro atoms. The first-order valence-electron chi connectivity index (χ1n) is 6.95. The molecule has 9 heteroatoms. The maximum Gasteiger partial charge on any atom is 0.323 e. The number of rotatable bonds is 5. The molecule has 5 nitrogen and oxygen atoms in total. The lowest BCUT2D eigenvalue weighted by molar-refractivity contribution is -0.146. The van der Waals surface area contributed by atoms with Gasteiger partial charge < -0.3 is 20.7 Å². The van der Waals surface area contributed by atoms with E-state index in [1.165, 1.54) is 0 Å². The molecule has 0 heterocycles. The van der Waals surface area contributed by atoms with Gasteiger partial charge in [0.05, 0.1) is 0 Å². The number of hydrogen-bond donors (Lipinski definition) is 3. The zero-order valence-electron chi connectivity index (χ0n) is 12.6. The minimum absolute atomic E-state index is 0.0129. The molecule has 0 aliphatic heterocycles. The lowest BCUT2D eigenvalue weighted by Gasteiger charge is -2.12. The summed E-state index contributed by atoms with van der Waals surface area (Å²) in [5.74, 6) is -8.10. The number of phenols is 2. The third kappa shape index (κ3) is 4.38. The third-order valence-electron chi connectivity index (χ3n) is 3.29. The normalized spacial score (nSPS) is 12.0. The first-order chi connectivity index (χ1) is 11.7. The van der Waals surface area contributed by atoms with Crippen molar-refractivity contribution in [3.63, 3.8) is 0 Å². The van der Waals surface area contributed by atoms with Crippen LogP contribution in [0.15, 0.2) is 24.3 Å². The number of halogens is 4. The van der Waals surface area contributed by atoms with Crippen molar-refractivity contribution in [2.24, 2.45) is 5.73 Å². The minimum Gasteiger partial charge on any atom is -0.503 e. The zero-order valence-corrected chi connectivity index (χ0v) is 12.6. The van der Waals surface area contributed by atoms with Crippen LogP contribution < -0.4 is 5.73 Å². The quantitative estimate of drug-likeness (QED) is 0.563. The minimum atomic E-state index is -1.30. The standard InChI is InChI=1S/C16H13F4NO4/c17-9-1-7(2-10(18)14(9)22)5-13(21)16(24)25-6-8-3-11(19)15(23)12(20)4-8/h1-4,13,22-23H,5-6,21H2/t13-/m0/s1. The topological polar surface area (TPSA) is 92.8 Å². The van der Waals surface area contributed by atoms with Gasteiger partial charge in [0.25, 0.3) is 0 Å². The van der Waals surface area contributed by atoms with Crippen molar-refractivity contribution in [1.82, 2.24) is 0 Å². The lowest BCUT2D eigenvalue weighted by Crippen LogP contribution is -2.34. The molecule has 0 fully saturated rings. The Labute approximate surface area is 139 Å². The van der Waals surface area contributed by atoms with E-state index in [0.29, 0.717) is 0 Å². The molecule has 0 radical (unpaired) electrons. The van der Waals surface area contributed by atoms with E-state index in [1.54, 1.807) is 0 Å². The average Bonchev–Trinajstić information content (AvgIpc) is 2.55. The van der Waals surface area contributed by atoms with E-state index in [-0.39, 0.29) is 17.5 Å². The average molecular weight is 359 g/mol. The number of carbonyl (C=O) groups excluding carboxylic acids is 1. The third-order valence-corrected chi connectivity index (χ3v) is 3.29. The molecular formula is C16H13F4NO4. The first-order valence-corrected chi connectivity index (χ1v) is 6.95. The number of phenolic OH excluding ortho intramolecular Hbond substituents is 2. The van der Waals surface area contributed by atoms with Gasteiger partial charge in [-0.1, -0.05) is 0 Å². The fourth-order valence-electron chi connectivity index (χ4n) is 2.04. The monoisotopic (exact) mass is 359 g/mol. The number of aromatic hydroxyl groups is 2. The van der Waals surface area contributed by atoms with Crippen molar-refractivity contribution in [1.29, 1.82) is 0 Å². The molecular weight excluding hydrogens is 346 g/mol. The summed E-state index contributed by atoms with van der Waals surface area (Å²) in [6.45, 7) is -0.515. The first kappa shape index (κ1) is 18.5. The maximum atomic E-state index is 13.2. The molecule has 0 amide bonds. The molecule has 0 aliphatic rings. The van der Waals surface area contributed by atoms with Crippen LogP contribution in [-0.2, 0) is 22.6 Å². The van der Waals surface area contributed by atoms with Crippen molar-refractivity contribution in [3.8, 4) is 11.5 Å². The van der Waals surface area contributed by atoms with Gasteiger partial charge in [0.2, 0.25) is 0 Å². The lowest BCUT2D eigenvalue weighted by atomic mass is 10.1. The van der Waals surface area contributed by atoms with Crippen LogP contribution in [0.25, 0.3) is 0 Å². The smallest absolute Gasteiger partial charge is 0.323 e. The van der Waals surface area contributed by atoms with E-state index in [4.69, 9.17) is 20.7 Å². The summed E-state index contributed by atoms with van der Waals surface area (Å²) in [5, 5.41) is 18.0. The van der Waals surface area contributed by atoms with Crippen LogP contribution in [0.5, 0.6) is 11.5 Å². The van der Waals surface area contributed by atoms with Crippen molar-refractivity contribution >= 4 is 5.97 Å². The molecule has 0 bridgehead atoms. The van der Waals surface area contributed by atoms with Gasteiger partial charge >= 0.3 is 5.97 Å². The van der Waals surface area contributed by atoms with E-state index < -0.39 is 53.4 Å². The SMILES string of the molecule is N[C@@H](Cc1cc(F)c(O)c(F)c1)C(=O)OCc1cc(F)c(O)c(F)c1. The fourth-order valence-corrected chi connectivity index (χ4v) is 2.04. The summed E-state index contributed by atoms with van der Waals surface area (Å²) in [5.41, 5.74) is 5.52. The van der Waals surface area contributed by atoms with Gasteiger partial charge in [0.15, 0.2) is 34.8 Å². The molecule has 134 valence electrons. The number of nitrogens with two attached hydrogens (primary N) is 1. The Kier molecular flexibility index (Phi) is 5.48. The predicted molar refractivity (Wildman–Crippen MR) is 77.5 cm³/mol. The Morgan fingerprint density at radius 1 is 0.920 bits per heavy atom. The largest absolute Gasteiger partial charge is 0.503 e. The molecule has 25 heavy (non-hydrogen) atoms. The van der Waals surface area contributed by atoms with Gasteiger partial charge in [-0.15, -0.1) is 0 Å². The fraction of sp³-hybridized carbons (Fsp3) is 0.188. The molecule has 4 N–H and O–H groups in total. The summed E-state index contributed by atoms with van der Waals surface area (Å²) in [6, 6.07) is 1.89. The van der Waals surface area contributed by atoms with Crippen LogP contribution in [-0.4, -0.2) is 22.2 Å². The molecule has 1 atom stereocenters. The second kappa shape index (κ2) is 7.39. The Bertz CT molecular complexity index is 767. The summed E-state index contributed by atoms with van der Waals surface area (Å²) >= 11 is 0. The Balaban J connectivity index is 1.99. The second-order valence-electron chi connectivity index (χ2n) is 5.23. The predicted octanol–water partition coefficient (Wildman–Crippen LogP) is 2.27. The van der Waals surface area contributed by atoms with Gasteiger partial charge in [-0.25, -0.2) is 17.6 Å². The van der Waals surface area contributed by atoms with Crippen LogP contribution in [0.3, 0.4) is 0 Å². The summed E-state index contributed by atoms with van der Waals surface area (Å²) in [4.78, 5) is 11.8. The molecule has 2 aromatic rings. The van der Waals surface area contributed by atoms with E-state index in [9.17, 15) is 22.4 Å². The molecule has 0 saturated carbocycles. The van der Waals surface area contributed by atoms with Crippen LogP contribution >= 0.6 is 0 Å². The second-order valence-corrected chi connectivity index (χ2v) is 5.23. The highest BCUT2D eigenvalue weighted by molar-refractivity contribution is 5.75. The van der Waals surface area contributed by atoms with Crippen molar-refractivity contribution < 1.29 is 37.3 Å². The molecule has 0 unspecified atom stereocenters. The Morgan fingerprint density at radius 3 is 1.76 bits per heavy atom. The highest BCUT2D eigenvalue weighted by atomic mass is 19.1. The highest BCUT2D eigenvalue weighted by Crippen LogP contribution is 2.23. The number of hydrogen-bond acceptors (Lipinski definition) is 5. The Morgan fingerprint density at radius 2 is 1.32 bits per heavy atom. The van der Waals surface area contributed by atoms with Crippen LogP contribution in [0.4, 0.5) is 17.6 Å². The summed E-state index contributed by atoms with van der Waals surface area (Å²) in [7, 11) is 0. The summed E-state index contributed by atoms with van der Waals surface area (Å²) in [6.07, 6.45) is -0.286. The van der Waals surface area contributed by atoms with Crippen molar-refractivity contribution in [2.75, 3.05) is 0 Å². The number of benzene rings is 2. The molecule has 2 rings (SSSR count). The molecule has 2 aromatic carbocycles. The van der Waals surface area contributed by atoms with Gasteiger partial charge in [-0.2, -0.15) is 0 Å². The number of carbonyl (C=O) groups is 1. The molecule has 0 saturated heterocycles. The summed E-state index contributed by atoms with van der Waals surface area (Å²) < 4.78 is 57.6. The van der Waals surface area contributed by atoms with Crippen molar-refractivity contribution in [3.05, 3.63) is 58.7 Å². The van der Waals surface area contributed by atoms with E-state index in [1.807, 2.05) is 0 Å². The van der Waals surface area contributed by atoms with Crippen LogP contribution in [0.1, 0.15) is 11.1 Å². The molecule has 0 aromatic heterocycles. The Hall–Kier alpha value is -2.81. The maximum absolute atomic E-state index is 13.2.